The van der Waals surface area contributed by atoms with Crippen LogP contribution in [0.25, 0.3) is 0 Å². The van der Waals surface area contributed by atoms with Crippen molar-refractivity contribution in [2.45, 2.75) is 105 Å². The summed E-state index contributed by atoms with van der Waals surface area (Å²) < 4.78 is 3.67. The number of carbonyl (C=O) groups excluding carboxylic acids is 3. The first kappa shape index (κ1) is 49.8. The Morgan fingerprint density at radius 2 is 1.16 bits per heavy atom. The largest absolute Gasteiger partial charge is 0.338 e. The maximum Gasteiger partial charge on any atom is 0.317 e. The number of amides is 4. The van der Waals surface area contributed by atoms with Gasteiger partial charge in [0, 0.05) is 69.8 Å². The number of hydrogen-bond donors (Lipinski definition) is 4. The number of nitrogens with zero attached hydrogens (tertiary/aromatic N) is 8. The molecule has 2 aromatic heterocycles. The highest BCUT2D eigenvalue weighted by molar-refractivity contribution is 6.00. The van der Waals surface area contributed by atoms with Crippen molar-refractivity contribution < 1.29 is 14.4 Å². The molecule has 4 aromatic rings. The van der Waals surface area contributed by atoms with E-state index >= 15 is 0 Å². The predicted molar refractivity (Wildman–Crippen MR) is 270 cm³/mol. The fraction of sp³-hybridized carbons (Fsp3) is 0.588. The number of hydrogen-bond acceptors (Lipinski definition) is 9. The topological polar surface area (TPSA) is 162 Å². The minimum absolute atomic E-state index is 0. The Hall–Kier alpha value is -5.12. The van der Waals surface area contributed by atoms with E-state index in [4.69, 9.17) is 5.73 Å². The zero-order valence-electron chi connectivity index (χ0n) is 40.9. The van der Waals surface area contributed by atoms with Crippen molar-refractivity contribution in [3.8, 4) is 0 Å². The molecule has 16 heteroatoms. The van der Waals surface area contributed by atoms with Gasteiger partial charge in [-0.3, -0.25) is 23.9 Å². The van der Waals surface area contributed by atoms with Crippen LogP contribution in [0.15, 0.2) is 48.8 Å². The molecule has 4 amide bonds. The molecule has 0 atom stereocenters. The van der Waals surface area contributed by atoms with Crippen LogP contribution in [0.2, 0.25) is 0 Å². The lowest BCUT2D eigenvalue weighted by atomic mass is 9.81. The number of piperazine rings is 1. The molecule has 3 aliphatic heterocycles. The Balaban J connectivity index is 0.000000213. The van der Waals surface area contributed by atoms with Crippen LogP contribution < -0.4 is 31.5 Å². The van der Waals surface area contributed by atoms with Gasteiger partial charge in [0.2, 0.25) is 11.8 Å². The van der Waals surface area contributed by atoms with Crippen LogP contribution in [0, 0.1) is 42.9 Å². The van der Waals surface area contributed by atoms with Gasteiger partial charge in [-0.25, -0.2) is 4.79 Å². The lowest BCUT2D eigenvalue weighted by molar-refractivity contribution is -0.124. The Labute approximate surface area is 404 Å². The van der Waals surface area contributed by atoms with Gasteiger partial charge in [-0.05, 0) is 137 Å². The van der Waals surface area contributed by atoms with Crippen LogP contribution in [0.3, 0.4) is 0 Å². The minimum atomic E-state index is 0. The Morgan fingerprint density at radius 3 is 1.61 bits per heavy atom. The molecule has 0 unspecified atom stereocenters. The molecule has 0 bridgehead atoms. The lowest BCUT2D eigenvalue weighted by Gasteiger charge is -2.36. The van der Waals surface area contributed by atoms with E-state index in [1.165, 1.54) is 6.42 Å². The van der Waals surface area contributed by atoms with Crippen molar-refractivity contribution in [1.82, 2.24) is 34.7 Å². The van der Waals surface area contributed by atoms with Crippen molar-refractivity contribution in [3.05, 3.63) is 71.0 Å². The normalized spacial score (nSPS) is 21.6. The maximum atomic E-state index is 13.9. The number of aromatic nitrogens is 4. The SMILES string of the molecule is Cc1ccc2c(c1)Nc1c(cnn1C)CN2C(=O)C1CCC(CN)CC1.Cc1ccc2c(c1)Nc1c(cnn1C)CN2C(=O)C1CCC(CNC(=O)N2CCN(CCC(C)(C)C)CC2)CC1.Cl. The molecule has 0 radical (unpaired) electrons. The average Bonchev–Trinajstić information content (AvgIpc) is 3.71. The summed E-state index contributed by atoms with van der Waals surface area (Å²) in [4.78, 5) is 48.4. The molecule has 2 aromatic carbocycles. The number of benzene rings is 2. The van der Waals surface area contributed by atoms with E-state index in [9.17, 15) is 14.4 Å². The van der Waals surface area contributed by atoms with E-state index in [1.54, 1.807) is 0 Å². The van der Waals surface area contributed by atoms with E-state index in [0.29, 0.717) is 36.9 Å². The van der Waals surface area contributed by atoms with Gasteiger partial charge in [-0.2, -0.15) is 10.2 Å². The van der Waals surface area contributed by atoms with Gasteiger partial charge in [0.15, 0.2) is 0 Å². The third-order valence-corrected chi connectivity index (χ3v) is 14.7. The van der Waals surface area contributed by atoms with E-state index in [1.807, 2.05) is 50.6 Å². The second-order valence-electron chi connectivity index (χ2n) is 20.9. The smallest absolute Gasteiger partial charge is 0.317 e. The van der Waals surface area contributed by atoms with E-state index in [-0.39, 0.29) is 42.1 Å². The third kappa shape index (κ3) is 11.8. The van der Waals surface area contributed by atoms with Crippen molar-refractivity contribution >= 4 is 64.6 Å². The first-order valence-electron chi connectivity index (χ1n) is 24.5. The molecule has 5 aliphatic rings. The van der Waals surface area contributed by atoms with Crippen LogP contribution in [-0.2, 0) is 36.8 Å². The Morgan fingerprint density at radius 1 is 0.701 bits per heavy atom. The summed E-state index contributed by atoms with van der Waals surface area (Å²) >= 11 is 0. The number of carbonyl (C=O) groups is 3. The van der Waals surface area contributed by atoms with Gasteiger partial charge in [0.1, 0.15) is 11.6 Å². The van der Waals surface area contributed by atoms with Crippen LogP contribution in [-0.4, -0.2) is 93.0 Å². The number of aryl methyl sites for hydroxylation is 4. The number of halogens is 1. The summed E-state index contributed by atoms with van der Waals surface area (Å²) in [5.74, 6) is 3.40. The number of nitrogens with two attached hydrogens (primary N) is 1. The molecule has 9 rings (SSSR count). The second kappa shape index (κ2) is 21.5. The Bertz CT molecular complexity index is 2350. The van der Waals surface area contributed by atoms with Crippen molar-refractivity contribution in [3.63, 3.8) is 0 Å². The molecule has 3 fully saturated rings. The summed E-state index contributed by atoms with van der Waals surface area (Å²) in [6, 6.07) is 12.5. The highest BCUT2D eigenvalue weighted by atomic mass is 35.5. The standard InChI is InChI=1S/C31H47N7O2.C20H27N5O.ClH/c1-22-6-11-27-26(18-22)34-28-25(20-33-35(28)5)21-38(27)29(39)24-9-7-23(8-10-24)19-32-30(40)37-16-14-36(15-17-37)13-12-31(2,3)4;1-13-3-8-18-17(9-13)23-19-16(11-22-24(19)2)12-25(18)20(26)15-6-4-14(10-21)5-7-15;/h6,11,18,20,23-24,34H,7-10,12-17,19,21H2,1-5H3,(H,32,40);3,8-9,11,14-15,23H,4-7,10,12,21H2,1-2H3;1H. The second-order valence-corrected chi connectivity index (χ2v) is 20.9. The van der Waals surface area contributed by atoms with Gasteiger partial charge in [-0.1, -0.05) is 32.9 Å². The lowest BCUT2D eigenvalue weighted by Crippen LogP contribution is -2.52. The van der Waals surface area contributed by atoms with Gasteiger partial charge < -0.3 is 36.4 Å². The van der Waals surface area contributed by atoms with Gasteiger partial charge in [0.05, 0.1) is 48.2 Å². The summed E-state index contributed by atoms with van der Waals surface area (Å²) in [7, 11) is 3.85. The molecule has 1 saturated heterocycles. The number of anilines is 6. The summed E-state index contributed by atoms with van der Waals surface area (Å²) in [6.45, 7) is 18.1. The van der Waals surface area contributed by atoms with Crippen molar-refractivity contribution in [2.24, 2.45) is 48.9 Å². The van der Waals surface area contributed by atoms with Crippen LogP contribution in [0.1, 0.15) is 101 Å². The van der Waals surface area contributed by atoms with E-state index in [0.717, 1.165) is 147 Å². The number of rotatable bonds is 7. The number of urea groups is 1. The Kier molecular flexibility index (Phi) is 15.9. The predicted octanol–water partition coefficient (Wildman–Crippen LogP) is 8.39. The third-order valence-electron chi connectivity index (χ3n) is 14.7. The van der Waals surface area contributed by atoms with Crippen molar-refractivity contribution in [2.75, 3.05) is 66.2 Å². The highest BCUT2D eigenvalue weighted by Gasteiger charge is 2.35. The fourth-order valence-corrected chi connectivity index (χ4v) is 10.4. The first-order valence-corrected chi connectivity index (χ1v) is 24.5. The van der Waals surface area contributed by atoms with Crippen LogP contribution >= 0.6 is 12.4 Å². The highest BCUT2D eigenvalue weighted by Crippen LogP contribution is 2.41. The first-order chi connectivity index (χ1) is 31.6. The van der Waals surface area contributed by atoms with E-state index in [2.05, 4.69) is 102 Å². The average molecular weight is 940 g/mol. The molecule has 2 aliphatic carbocycles. The molecule has 5 heterocycles. The van der Waals surface area contributed by atoms with Crippen LogP contribution in [0.4, 0.5) is 39.2 Å². The minimum Gasteiger partial charge on any atom is -0.338 e. The molecule has 5 N–H and O–H groups in total. The van der Waals surface area contributed by atoms with Gasteiger partial charge >= 0.3 is 6.03 Å². The molecule has 0 spiro atoms. The van der Waals surface area contributed by atoms with E-state index < -0.39 is 0 Å². The monoisotopic (exact) mass is 939 g/mol. The number of nitrogens with one attached hydrogen (secondary N) is 3. The van der Waals surface area contributed by atoms with Crippen LogP contribution in [0.5, 0.6) is 0 Å². The zero-order chi connectivity index (χ0) is 46.7. The quantitative estimate of drug-likeness (QED) is 0.143. The molecular weight excluding hydrogens is 864 g/mol. The number of fused-ring (bicyclic) bond motifs is 4. The summed E-state index contributed by atoms with van der Waals surface area (Å²) in [6.07, 6.45) is 12.5. The summed E-state index contributed by atoms with van der Waals surface area (Å²) in [5, 5.41) is 19.0. The maximum absolute atomic E-state index is 13.9. The molecule has 2 saturated carbocycles. The molecule has 15 nitrogen and oxygen atoms in total. The van der Waals surface area contributed by atoms with Gasteiger partial charge in [-0.15, -0.1) is 12.4 Å². The fourth-order valence-electron chi connectivity index (χ4n) is 10.4. The summed E-state index contributed by atoms with van der Waals surface area (Å²) in [5.41, 5.74) is 14.3. The molecule has 67 heavy (non-hydrogen) atoms. The molecule has 364 valence electrons. The van der Waals surface area contributed by atoms with Crippen molar-refractivity contribution in [1.29, 1.82) is 0 Å². The van der Waals surface area contributed by atoms with Gasteiger partial charge in [0.25, 0.3) is 0 Å². The zero-order valence-corrected chi connectivity index (χ0v) is 41.8. The molecular formula is C51H75ClN12O3.